The highest BCUT2D eigenvalue weighted by atomic mass is 35.5. The van der Waals surface area contributed by atoms with Crippen LogP contribution >= 0.6 is 34.8 Å². The van der Waals surface area contributed by atoms with Gasteiger partial charge in [0.05, 0.1) is 0 Å². The molecule has 2 aromatic rings. The van der Waals surface area contributed by atoms with Gasteiger partial charge in [0.1, 0.15) is 12.4 Å². The van der Waals surface area contributed by atoms with Crippen LogP contribution in [0.3, 0.4) is 0 Å². The summed E-state index contributed by atoms with van der Waals surface area (Å²) in [5.74, 6) is 0.688. The van der Waals surface area contributed by atoms with Gasteiger partial charge in [-0.2, -0.15) is 0 Å². The van der Waals surface area contributed by atoms with Gasteiger partial charge in [-0.15, -0.1) is 0 Å². The Morgan fingerprint density at radius 3 is 2.18 bits per heavy atom. The van der Waals surface area contributed by atoms with Crippen molar-refractivity contribution in [3.05, 3.63) is 63.1 Å². The van der Waals surface area contributed by atoms with Crippen LogP contribution < -0.4 is 4.74 Å². The minimum absolute atomic E-state index is 0.318. The summed E-state index contributed by atoms with van der Waals surface area (Å²) in [6, 6.07) is 12.5. The molecule has 0 aliphatic heterocycles. The standard InChI is InChI=1S/C13H9Cl3O/c14-9-3-1-4-10(7-9)17-8-11-12(15)5-2-6-13(11)16/h1-7H,8H2. The molecule has 4 heteroatoms. The summed E-state index contributed by atoms with van der Waals surface area (Å²) in [6.07, 6.45) is 0. The summed E-state index contributed by atoms with van der Waals surface area (Å²) in [4.78, 5) is 0. The zero-order chi connectivity index (χ0) is 12.3. The van der Waals surface area contributed by atoms with Crippen molar-refractivity contribution in [2.45, 2.75) is 6.61 Å². The molecule has 17 heavy (non-hydrogen) atoms. The lowest BCUT2D eigenvalue weighted by Gasteiger charge is -2.09. The molecule has 0 amide bonds. The molecule has 0 saturated heterocycles. The Bertz CT molecular complexity index is 506. The molecule has 0 atom stereocenters. The molecule has 0 saturated carbocycles. The number of hydrogen-bond donors (Lipinski definition) is 0. The van der Waals surface area contributed by atoms with Crippen molar-refractivity contribution in [1.82, 2.24) is 0 Å². The van der Waals surface area contributed by atoms with Gasteiger partial charge in [-0.25, -0.2) is 0 Å². The van der Waals surface area contributed by atoms with Crippen molar-refractivity contribution in [2.75, 3.05) is 0 Å². The number of halogens is 3. The maximum atomic E-state index is 6.04. The van der Waals surface area contributed by atoms with Crippen molar-refractivity contribution in [3.8, 4) is 5.75 Å². The minimum atomic E-state index is 0.318. The second-order valence-electron chi connectivity index (χ2n) is 3.45. The molecule has 88 valence electrons. The Morgan fingerprint density at radius 2 is 1.53 bits per heavy atom. The molecular formula is C13H9Cl3O. The highest BCUT2D eigenvalue weighted by molar-refractivity contribution is 6.35. The quantitative estimate of drug-likeness (QED) is 0.751. The average Bonchev–Trinajstić information content (AvgIpc) is 2.28. The van der Waals surface area contributed by atoms with Gasteiger partial charge in [0.15, 0.2) is 0 Å². The summed E-state index contributed by atoms with van der Waals surface area (Å²) in [5, 5.41) is 1.83. The fraction of sp³-hybridized carbons (Fsp3) is 0.0769. The third-order valence-electron chi connectivity index (χ3n) is 2.24. The second-order valence-corrected chi connectivity index (χ2v) is 4.70. The lowest BCUT2D eigenvalue weighted by Crippen LogP contribution is -1.97. The average molecular weight is 288 g/mol. The van der Waals surface area contributed by atoms with Gasteiger partial charge < -0.3 is 4.74 Å². The molecule has 0 bridgehead atoms. The van der Waals surface area contributed by atoms with E-state index in [0.717, 1.165) is 5.56 Å². The summed E-state index contributed by atoms with van der Waals surface area (Å²) < 4.78 is 5.58. The number of ether oxygens (including phenoxy) is 1. The Balaban J connectivity index is 2.13. The summed E-state index contributed by atoms with van der Waals surface area (Å²) in [5.41, 5.74) is 0.774. The van der Waals surface area contributed by atoms with E-state index in [0.29, 0.717) is 27.4 Å². The van der Waals surface area contributed by atoms with E-state index in [4.69, 9.17) is 39.5 Å². The van der Waals surface area contributed by atoms with Crippen LogP contribution in [0.5, 0.6) is 5.75 Å². The van der Waals surface area contributed by atoms with Crippen LogP contribution in [0.4, 0.5) is 0 Å². The van der Waals surface area contributed by atoms with E-state index in [2.05, 4.69) is 0 Å². The van der Waals surface area contributed by atoms with Crippen molar-refractivity contribution in [3.63, 3.8) is 0 Å². The highest BCUT2D eigenvalue weighted by Crippen LogP contribution is 2.26. The van der Waals surface area contributed by atoms with E-state index in [9.17, 15) is 0 Å². The van der Waals surface area contributed by atoms with E-state index in [1.165, 1.54) is 0 Å². The van der Waals surface area contributed by atoms with E-state index in [-0.39, 0.29) is 0 Å². The van der Waals surface area contributed by atoms with Crippen LogP contribution in [-0.4, -0.2) is 0 Å². The monoisotopic (exact) mass is 286 g/mol. The Labute approximate surface area is 115 Å². The first-order valence-corrected chi connectivity index (χ1v) is 6.11. The molecule has 0 fully saturated rings. The summed E-state index contributed by atoms with van der Waals surface area (Å²) in [6.45, 7) is 0.318. The predicted octanol–water partition coefficient (Wildman–Crippen LogP) is 5.23. The lowest BCUT2D eigenvalue weighted by atomic mass is 10.2. The van der Waals surface area contributed by atoms with Crippen LogP contribution in [0.1, 0.15) is 5.56 Å². The van der Waals surface area contributed by atoms with Gasteiger partial charge in [0.2, 0.25) is 0 Å². The predicted molar refractivity (Wildman–Crippen MR) is 72.2 cm³/mol. The normalized spacial score (nSPS) is 10.3. The van der Waals surface area contributed by atoms with Gasteiger partial charge in [-0.05, 0) is 30.3 Å². The fourth-order valence-electron chi connectivity index (χ4n) is 1.38. The SMILES string of the molecule is Clc1cccc(OCc2c(Cl)cccc2Cl)c1. The Kier molecular flexibility index (Phi) is 4.16. The zero-order valence-electron chi connectivity index (χ0n) is 8.79. The minimum Gasteiger partial charge on any atom is -0.489 e. The fourth-order valence-corrected chi connectivity index (χ4v) is 2.07. The first-order chi connectivity index (χ1) is 8.16. The van der Waals surface area contributed by atoms with Gasteiger partial charge >= 0.3 is 0 Å². The zero-order valence-corrected chi connectivity index (χ0v) is 11.1. The molecule has 2 aromatic carbocycles. The van der Waals surface area contributed by atoms with Crippen LogP contribution in [0.15, 0.2) is 42.5 Å². The molecule has 0 aliphatic rings. The Hall–Kier alpha value is -0.890. The summed E-state index contributed by atoms with van der Waals surface area (Å²) >= 11 is 17.9. The molecule has 0 aromatic heterocycles. The van der Waals surface area contributed by atoms with Gasteiger partial charge in [0, 0.05) is 20.6 Å². The van der Waals surface area contributed by atoms with E-state index < -0.39 is 0 Å². The van der Waals surface area contributed by atoms with Crippen molar-refractivity contribution in [2.24, 2.45) is 0 Å². The Morgan fingerprint density at radius 1 is 0.882 bits per heavy atom. The lowest BCUT2D eigenvalue weighted by molar-refractivity contribution is 0.306. The van der Waals surface area contributed by atoms with Crippen LogP contribution in [0.2, 0.25) is 15.1 Å². The largest absolute Gasteiger partial charge is 0.489 e. The highest BCUT2D eigenvalue weighted by Gasteiger charge is 2.06. The molecule has 0 aliphatic carbocycles. The number of benzene rings is 2. The maximum absolute atomic E-state index is 6.04. The van der Waals surface area contributed by atoms with Gasteiger partial charge in [-0.3, -0.25) is 0 Å². The van der Waals surface area contributed by atoms with Crippen LogP contribution in [-0.2, 0) is 6.61 Å². The van der Waals surface area contributed by atoms with Crippen molar-refractivity contribution < 1.29 is 4.74 Å². The van der Waals surface area contributed by atoms with E-state index in [1.54, 1.807) is 30.3 Å². The maximum Gasteiger partial charge on any atom is 0.121 e. The van der Waals surface area contributed by atoms with Crippen LogP contribution in [0, 0.1) is 0 Å². The molecular weight excluding hydrogens is 279 g/mol. The molecule has 1 nitrogen and oxygen atoms in total. The molecule has 0 heterocycles. The number of rotatable bonds is 3. The van der Waals surface area contributed by atoms with Crippen molar-refractivity contribution in [1.29, 1.82) is 0 Å². The number of hydrogen-bond acceptors (Lipinski definition) is 1. The molecule has 0 N–H and O–H groups in total. The van der Waals surface area contributed by atoms with E-state index in [1.807, 2.05) is 12.1 Å². The van der Waals surface area contributed by atoms with Gasteiger partial charge in [0.25, 0.3) is 0 Å². The van der Waals surface area contributed by atoms with E-state index >= 15 is 0 Å². The molecule has 0 radical (unpaired) electrons. The smallest absolute Gasteiger partial charge is 0.121 e. The van der Waals surface area contributed by atoms with Gasteiger partial charge in [-0.1, -0.05) is 46.9 Å². The molecule has 2 rings (SSSR count). The summed E-state index contributed by atoms with van der Waals surface area (Å²) in [7, 11) is 0. The topological polar surface area (TPSA) is 9.23 Å². The second kappa shape index (κ2) is 5.63. The first kappa shape index (κ1) is 12.6. The molecule has 0 spiro atoms. The third-order valence-corrected chi connectivity index (χ3v) is 3.18. The van der Waals surface area contributed by atoms with Crippen molar-refractivity contribution >= 4 is 34.8 Å². The molecule has 0 unspecified atom stereocenters. The van der Waals surface area contributed by atoms with Crippen LogP contribution in [0.25, 0.3) is 0 Å². The first-order valence-electron chi connectivity index (χ1n) is 4.98. The third kappa shape index (κ3) is 3.29.